The zero-order chi connectivity index (χ0) is 8.36. The van der Waals surface area contributed by atoms with E-state index < -0.39 is 0 Å². The number of hydrogen-bond acceptors (Lipinski definition) is 0. The smallest absolute Gasteiger partial charge is 0.0152 e. The van der Waals surface area contributed by atoms with Crippen LogP contribution in [-0.4, -0.2) is 0 Å². The average Bonchev–Trinajstić information content (AvgIpc) is 2.03. The van der Waals surface area contributed by atoms with Gasteiger partial charge >= 0.3 is 0 Å². The lowest BCUT2D eigenvalue weighted by atomic mass is 10.3. The van der Waals surface area contributed by atoms with Crippen LogP contribution < -0.4 is 0 Å². The molecule has 0 nitrogen and oxygen atoms in total. The van der Waals surface area contributed by atoms with Crippen LogP contribution in [0.3, 0.4) is 0 Å². The van der Waals surface area contributed by atoms with Crippen molar-refractivity contribution < 1.29 is 0 Å². The molecule has 0 heteroatoms. The highest BCUT2D eigenvalue weighted by atomic mass is 13.7. The van der Waals surface area contributed by atoms with Crippen LogP contribution in [0.1, 0.15) is 20.3 Å². The summed E-state index contributed by atoms with van der Waals surface area (Å²) >= 11 is 0. The van der Waals surface area contributed by atoms with E-state index in [0.717, 1.165) is 6.42 Å². The summed E-state index contributed by atoms with van der Waals surface area (Å²) in [5.74, 6) is 5.76. The highest BCUT2D eigenvalue weighted by Gasteiger charge is 1.64. The molecule has 0 fully saturated rings. The van der Waals surface area contributed by atoms with Crippen molar-refractivity contribution in [3.63, 3.8) is 0 Å². The highest BCUT2D eigenvalue weighted by Crippen LogP contribution is 1.83. The second-order valence-electron chi connectivity index (χ2n) is 2.00. The van der Waals surface area contributed by atoms with E-state index in [1.165, 1.54) is 0 Å². The van der Waals surface area contributed by atoms with E-state index in [1.807, 2.05) is 44.2 Å². The van der Waals surface area contributed by atoms with Crippen LogP contribution in [0.15, 0.2) is 36.5 Å². The zero-order valence-electron chi connectivity index (χ0n) is 7.17. The van der Waals surface area contributed by atoms with Crippen LogP contribution >= 0.6 is 0 Å². The first kappa shape index (κ1) is 9.78. The van der Waals surface area contributed by atoms with Gasteiger partial charge in [-0.2, -0.15) is 0 Å². The van der Waals surface area contributed by atoms with Crippen molar-refractivity contribution in [3.05, 3.63) is 36.5 Å². The highest BCUT2D eigenvalue weighted by molar-refractivity contribution is 5.23. The Bertz CT molecular complexity index is 206. The van der Waals surface area contributed by atoms with Crippen LogP contribution in [0, 0.1) is 11.8 Å². The summed E-state index contributed by atoms with van der Waals surface area (Å²) in [6, 6.07) is 0. The molecule has 11 heavy (non-hydrogen) atoms. The van der Waals surface area contributed by atoms with Gasteiger partial charge in [-0.1, -0.05) is 36.1 Å². The summed E-state index contributed by atoms with van der Waals surface area (Å²) in [5, 5.41) is 0. The maximum Gasteiger partial charge on any atom is -0.0152 e. The largest absolute Gasteiger partial charge is 0.0914 e. The number of allylic oxidation sites excluding steroid dienone is 6. The third-order valence-electron chi connectivity index (χ3n) is 1.04. The molecule has 0 aromatic heterocycles. The molecule has 0 heterocycles. The maximum atomic E-state index is 2.89. The van der Waals surface area contributed by atoms with Crippen molar-refractivity contribution in [2.75, 3.05) is 0 Å². The first-order valence-electron chi connectivity index (χ1n) is 3.80. The Labute approximate surface area is 69.3 Å². The van der Waals surface area contributed by atoms with Gasteiger partial charge in [-0.3, -0.25) is 0 Å². The lowest BCUT2D eigenvalue weighted by Gasteiger charge is -1.74. The molecule has 0 aromatic carbocycles. The molecule has 58 valence electrons. The van der Waals surface area contributed by atoms with Gasteiger partial charge in [0, 0.05) is 0 Å². The minimum atomic E-state index is 0.973. The second kappa shape index (κ2) is 8.78. The van der Waals surface area contributed by atoms with E-state index in [-0.39, 0.29) is 0 Å². The summed E-state index contributed by atoms with van der Waals surface area (Å²) in [6.07, 6.45) is 12.8. The normalized spacial score (nSPS) is 11.1. The quantitative estimate of drug-likeness (QED) is 0.415. The van der Waals surface area contributed by atoms with Crippen LogP contribution in [0.4, 0.5) is 0 Å². The Balaban J connectivity index is 3.53. The molecule has 0 atom stereocenters. The summed E-state index contributed by atoms with van der Waals surface area (Å²) < 4.78 is 0. The molecule has 0 aliphatic rings. The average molecular weight is 146 g/mol. The zero-order valence-corrected chi connectivity index (χ0v) is 7.17. The van der Waals surface area contributed by atoms with E-state index in [0.29, 0.717) is 0 Å². The van der Waals surface area contributed by atoms with Gasteiger partial charge in [0.1, 0.15) is 0 Å². The van der Waals surface area contributed by atoms with Crippen molar-refractivity contribution in [3.8, 4) is 11.8 Å². The third kappa shape index (κ3) is 8.78. The molecule has 0 aliphatic carbocycles. The van der Waals surface area contributed by atoms with Gasteiger partial charge in [-0.05, 0) is 32.4 Å². The fourth-order valence-corrected chi connectivity index (χ4v) is 0.521. The molecule has 0 saturated heterocycles. The SMILES string of the molecule is C/C=C/C#C/C=C/C/C=C/C. The first-order valence-corrected chi connectivity index (χ1v) is 3.80. The van der Waals surface area contributed by atoms with Gasteiger partial charge in [-0.25, -0.2) is 0 Å². The van der Waals surface area contributed by atoms with E-state index in [9.17, 15) is 0 Å². The summed E-state index contributed by atoms with van der Waals surface area (Å²) in [4.78, 5) is 0. The van der Waals surface area contributed by atoms with Crippen molar-refractivity contribution in [1.29, 1.82) is 0 Å². The Kier molecular flexibility index (Phi) is 7.81. The standard InChI is InChI=1S/C11H14/c1-3-5-7-9-11-10-8-6-4-2/h3-6,9,11H,7H2,1-2H3/b5-3+,6-4+,11-9+. The van der Waals surface area contributed by atoms with Gasteiger partial charge in [-0.15, -0.1) is 0 Å². The predicted molar refractivity (Wildman–Crippen MR) is 51.2 cm³/mol. The molecule has 0 N–H and O–H groups in total. The second-order valence-corrected chi connectivity index (χ2v) is 2.00. The first-order chi connectivity index (χ1) is 5.41. The molecule has 0 spiro atoms. The molecule has 0 radical (unpaired) electrons. The van der Waals surface area contributed by atoms with Crippen LogP contribution in [0.25, 0.3) is 0 Å². The fraction of sp³-hybridized carbons (Fsp3) is 0.273. The molecule has 0 aliphatic heterocycles. The third-order valence-corrected chi connectivity index (χ3v) is 1.04. The lowest BCUT2D eigenvalue weighted by molar-refractivity contribution is 1.38. The van der Waals surface area contributed by atoms with Crippen molar-refractivity contribution >= 4 is 0 Å². The monoisotopic (exact) mass is 146 g/mol. The minimum absolute atomic E-state index is 0.973. The van der Waals surface area contributed by atoms with E-state index in [1.54, 1.807) is 0 Å². The van der Waals surface area contributed by atoms with Crippen molar-refractivity contribution in [2.24, 2.45) is 0 Å². The summed E-state index contributed by atoms with van der Waals surface area (Å²) in [7, 11) is 0. The minimum Gasteiger partial charge on any atom is -0.0914 e. The Morgan fingerprint density at radius 2 is 1.64 bits per heavy atom. The molecular formula is C11H14. The fourth-order valence-electron chi connectivity index (χ4n) is 0.521. The van der Waals surface area contributed by atoms with Gasteiger partial charge in [0.05, 0.1) is 0 Å². The summed E-state index contributed by atoms with van der Waals surface area (Å²) in [5.41, 5.74) is 0. The van der Waals surface area contributed by atoms with E-state index in [2.05, 4.69) is 17.9 Å². The van der Waals surface area contributed by atoms with Crippen LogP contribution in [-0.2, 0) is 0 Å². The van der Waals surface area contributed by atoms with Gasteiger partial charge in [0.15, 0.2) is 0 Å². The Morgan fingerprint density at radius 1 is 0.909 bits per heavy atom. The number of hydrogen-bond donors (Lipinski definition) is 0. The predicted octanol–water partition coefficient (Wildman–Crippen LogP) is 3.09. The van der Waals surface area contributed by atoms with Crippen molar-refractivity contribution in [1.82, 2.24) is 0 Å². The van der Waals surface area contributed by atoms with Crippen molar-refractivity contribution in [2.45, 2.75) is 20.3 Å². The van der Waals surface area contributed by atoms with E-state index >= 15 is 0 Å². The summed E-state index contributed by atoms with van der Waals surface area (Å²) in [6.45, 7) is 3.97. The molecule has 0 unspecified atom stereocenters. The molecule has 0 bridgehead atoms. The molecular weight excluding hydrogens is 132 g/mol. The van der Waals surface area contributed by atoms with Crippen LogP contribution in [0.2, 0.25) is 0 Å². The number of rotatable bonds is 2. The molecule has 0 amide bonds. The van der Waals surface area contributed by atoms with Gasteiger partial charge in [0.2, 0.25) is 0 Å². The van der Waals surface area contributed by atoms with Gasteiger partial charge in [0.25, 0.3) is 0 Å². The molecule has 0 rings (SSSR count). The molecule has 0 aromatic rings. The molecule has 0 saturated carbocycles. The lowest BCUT2D eigenvalue weighted by Crippen LogP contribution is -1.55. The van der Waals surface area contributed by atoms with Gasteiger partial charge < -0.3 is 0 Å². The topological polar surface area (TPSA) is 0 Å². The maximum absolute atomic E-state index is 2.89. The Hall–Kier alpha value is -1.22. The Morgan fingerprint density at radius 3 is 2.27 bits per heavy atom. The van der Waals surface area contributed by atoms with Crippen LogP contribution in [0.5, 0.6) is 0 Å². The van der Waals surface area contributed by atoms with E-state index in [4.69, 9.17) is 0 Å².